The van der Waals surface area contributed by atoms with Crippen molar-refractivity contribution in [1.82, 2.24) is 20.6 Å². The van der Waals surface area contributed by atoms with Crippen molar-refractivity contribution >= 4 is 27.7 Å². The van der Waals surface area contributed by atoms with Crippen molar-refractivity contribution in [3.8, 4) is 17.4 Å². The van der Waals surface area contributed by atoms with Gasteiger partial charge >= 0.3 is 0 Å². The van der Waals surface area contributed by atoms with Gasteiger partial charge in [0.1, 0.15) is 11.6 Å². The number of halogens is 1. The van der Waals surface area contributed by atoms with Crippen LogP contribution in [0, 0.1) is 17.2 Å². The van der Waals surface area contributed by atoms with Gasteiger partial charge in [-0.25, -0.2) is 4.98 Å². The van der Waals surface area contributed by atoms with Gasteiger partial charge in [0.25, 0.3) is 5.91 Å². The van der Waals surface area contributed by atoms with E-state index in [2.05, 4.69) is 36.5 Å². The average molecular weight is 441 g/mol. The van der Waals surface area contributed by atoms with E-state index in [-0.39, 0.29) is 11.7 Å². The van der Waals surface area contributed by atoms with E-state index in [0.29, 0.717) is 28.2 Å². The second kappa shape index (κ2) is 8.63. The molecule has 3 rings (SSSR count). The van der Waals surface area contributed by atoms with Gasteiger partial charge in [-0.3, -0.25) is 15.2 Å². The lowest BCUT2D eigenvalue weighted by atomic mass is 10.1. The molecule has 0 saturated carbocycles. The zero-order valence-corrected chi connectivity index (χ0v) is 16.8. The van der Waals surface area contributed by atoms with Crippen molar-refractivity contribution in [3.05, 3.63) is 58.6 Å². The topological polar surface area (TPSA) is 108 Å². The Morgan fingerprint density at radius 2 is 2.07 bits per heavy atom. The fourth-order valence-corrected chi connectivity index (χ4v) is 2.94. The molecule has 0 aliphatic heterocycles. The molecule has 3 aromatic rings. The lowest BCUT2D eigenvalue weighted by Gasteiger charge is -2.26. The van der Waals surface area contributed by atoms with Gasteiger partial charge in [0.2, 0.25) is 5.82 Å². The number of carbonyl (C=O) groups excluding carboxylic acids is 1. The van der Waals surface area contributed by atoms with E-state index in [1.807, 2.05) is 50.2 Å². The minimum Gasteiger partial charge on any atom is -0.355 e. The molecule has 0 spiro atoms. The highest BCUT2D eigenvalue weighted by Gasteiger charge is 2.22. The predicted octanol–water partition coefficient (Wildman–Crippen LogP) is 3.57. The first-order valence-corrected chi connectivity index (χ1v) is 9.30. The molecule has 1 amide bonds. The summed E-state index contributed by atoms with van der Waals surface area (Å²) in [7, 11) is 0. The Kier molecular flexibility index (Phi) is 6.01. The summed E-state index contributed by atoms with van der Waals surface area (Å²) < 4.78 is 5.85. The third-order valence-corrected chi connectivity index (χ3v) is 4.28. The Bertz CT molecular complexity index is 1010. The van der Waals surface area contributed by atoms with Gasteiger partial charge < -0.3 is 4.52 Å². The number of nitriles is 1. The molecule has 28 heavy (non-hydrogen) atoms. The minimum atomic E-state index is -0.398. The summed E-state index contributed by atoms with van der Waals surface area (Å²) in [6.45, 7) is 4.49. The number of hydrogen-bond donors (Lipinski definition) is 1. The first-order chi connectivity index (χ1) is 13.5. The maximum atomic E-state index is 13.0. The highest BCUT2D eigenvalue weighted by Crippen LogP contribution is 2.25. The average Bonchev–Trinajstić information content (AvgIpc) is 3.18. The Hall–Kier alpha value is -3.25. The molecular formula is C19H17BrN6O2. The van der Waals surface area contributed by atoms with Crippen LogP contribution in [0.2, 0.25) is 0 Å². The van der Waals surface area contributed by atoms with Crippen LogP contribution in [-0.4, -0.2) is 27.6 Å². The SMILES string of the molecule is CC(C)CN(NC(=O)c1cnoc1-c1ccccc1)c1nc(C#N)ncc1Br. The molecule has 0 saturated heterocycles. The fourth-order valence-electron chi connectivity index (χ4n) is 2.53. The van der Waals surface area contributed by atoms with E-state index in [1.54, 1.807) is 5.01 Å². The smallest absolute Gasteiger partial charge is 0.275 e. The molecule has 0 fully saturated rings. The number of anilines is 1. The standard InChI is InChI=1S/C19H17BrN6O2/c1-12(2)11-26(18-15(20)10-22-16(8-21)24-18)25-19(27)14-9-23-28-17(14)13-6-4-3-5-7-13/h3-7,9-10,12H,11H2,1-2H3,(H,25,27). The van der Waals surface area contributed by atoms with Gasteiger partial charge in [-0.2, -0.15) is 10.2 Å². The molecule has 1 N–H and O–H groups in total. The maximum Gasteiger partial charge on any atom is 0.275 e. The number of aromatic nitrogens is 3. The van der Waals surface area contributed by atoms with E-state index < -0.39 is 5.91 Å². The summed E-state index contributed by atoms with van der Waals surface area (Å²) in [6.07, 6.45) is 2.86. The molecule has 1 aromatic carbocycles. The third-order valence-electron chi connectivity index (χ3n) is 3.72. The van der Waals surface area contributed by atoms with Crippen LogP contribution < -0.4 is 10.4 Å². The second-order valence-electron chi connectivity index (χ2n) is 6.36. The van der Waals surface area contributed by atoms with Crippen molar-refractivity contribution in [3.63, 3.8) is 0 Å². The van der Waals surface area contributed by atoms with Crippen LogP contribution in [0.3, 0.4) is 0 Å². The first-order valence-electron chi connectivity index (χ1n) is 8.51. The minimum absolute atomic E-state index is 0.0103. The third kappa shape index (κ3) is 4.35. The van der Waals surface area contributed by atoms with E-state index >= 15 is 0 Å². The van der Waals surface area contributed by atoms with Crippen LogP contribution in [0.25, 0.3) is 11.3 Å². The van der Waals surface area contributed by atoms with Crippen molar-refractivity contribution in [2.75, 3.05) is 11.6 Å². The maximum absolute atomic E-state index is 13.0. The molecule has 0 unspecified atom stereocenters. The lowest BCUT2D eigenvalue weighted by molar-refractivity contribution is 0.0947. The Balaban J connectivity index is 1.92. The number of amides is 1. The molecule has 0 aliphatic carbocycles. The van der Waals surface area contributed by atoms with Crippen LogP contribution >= 0.6 is 15.9 Å². The molecule has 0 radical (unpaired) electrons. The van der Waals surface area contributed by atoms with Crippen molar-refractivity contribution in [2.45, 2.75) is 13.8 Å². The Morgan fingerprint density at radius 1 is 1.32 bits per heavy atom. The highest BCUT2D eigenvalue weighted by atomic mass is 79.9. The van der Waals surface area contributed by atoms with Crippen LogP contribution in [0.15, 0.2) is 51.7 Å². The molecular weight excluding hydrogens is 424 g/mol. The Morgan fingerprint density at radius 3 is 2.75 bits per heavy atom. The lowest BCUT2D eigenvalue weighted by Crippen LogP contribution is -2.45. The van der Waals surface area contributed by atoms with Crippen LogP contribution in [0.1, 0.15) is 30.0 Å². The molecule has 2 heterocycles. The number of rotatable bonds is 6. The molecule has 0 atom stereocenters. The number of hydrazine groups is 1. The molecule has 142 valence electrons. The Labute approximate surface area is 170 Å². The van der Waals surface area contributed by atoms with Crippen LogP contribution in [0.5, 0.6) is 0 Å². The monoisotopic (exact) mass is 440 g/mol. The predicted molar refractivity (Wildman–Crippen MR) is 106 cm³/mol. The largest absolute Gasteiger partial charge is 0.355 e. The van der Waals surface area contributed by atoms with Crippen molar-refractivity contribution in [1.29, 1.82) is 5.26 Å². The van der Waals surface area contributed by atoms with Gasteiger partial charge in [0.05, 0.1) is 10.7 Å². The zero-order valence-electron chi connectivity index (χ0n) is 15.3. The number of nitrogens with zero attached hydrogens (tertiary/aromatic N) is 5. The fraction of sp³-hybridized carbons (Fsp3) is 0.211. The molecule has 8 nitrogen and oxygen atoms in total. The van der Waals surface area contributed by atoms with Gasteiger partial charge in [-0.1, -0.05) is 49.3 Å². The van der Waals surface area contributed by atoms with E-state index in [9.17, 15) is 4.79 Å². The molecule has 9 heteroatoms. The van der Waals surface area contributed by atoms with Crippen molar-refractivity contribution in [2.24, 2.45) is 5.92 Å². The summed E-state index contributed by atoms with van der Waals surface area (Å²) >= 11 is 3.38. The van der Waals surface area contributed by atoms with Gasteiger partial charge in [-0.05, 0) is 21.8 Å². The number of hydrogen-bond acceptors (Lipinski definition) is 7. The number of nitrogens with one attached hydrogen (secondary N) is 1. The van der Waals surface area contributed by atoms with Gasteiger partial charge in [-0.15, -0.1) is 0 Å². The van der Waals surface area contributed by atoms with Gasteiger partial charge in [0.15, 0.2) is 11.6 Å². The molecule has 2 aromatic heterocycles. The summed E-state index contributed by atoms with van der Waals surface area (Å²) in [4.78, 5) is 21.1. The van der Waals surface area contributed by atoms with Crippen molar-refractivity contribution < 1.29 is 9.32 Å². The summed E-state index contributed by atoms with van der Waals surface area (Å²) in [5.74, 6) is 0.595. The normalized spacial score (nSPS) is 10.5. The van der Waals surface area contributed by atoms with Crippen LogP contribution in [-0.2, 0) is 0 Å². The quantitative estimate of drug-likeness (QED) is 0.583. The first kappa shape index (κ1) is 19.5. The number of carbonyl (C=O) groups is 1. The zero-order chi connectivity index (χ0) is 20.1. The summed E-state index contributed by atoms with van der Waals surface area (Å²) in [5.41, 5.74) is 3.88. The van der Waals surface area contributed by atoms with E-state index in [0.717, 1.165) is 5.56 Å². The van der Waals surface area contributed by atoms with Crippen LogP contribution in [0.4, 0.5) is 5.82 Å². The number of benzene rings is 1. The highest BCUT2D eigenvalue weighted by molar-refractivity contribution is 9.10. The van der Waals surface area contributed by atoms with E-state index in [1.165, 1.54) is 12.4 Å². The second-order valence-corrected chi connectivity index (χ2v) is 7.21. The van der Waals surface area contributed by atoms with Gasteiger partial charge in [0, 0.05) is 18.3 Å². The van der Waals surface area contributed by atoms with E-state index in [4.69, 9.17) is 9.78 Å². The molecule has 0 aliphatic rings. The summed E-state index contributed by atoms with van der Waals surface area (Å²) in [6, 6.07) is 11.2. The summed E-state index contributed by atoms with van der Waals surface area (Å²) in [5, 5.41) is 14.5. The molecule has 0 bridgehead atoms.